The molecule has 0 bridgehead atoms. The number of aryl methyl sites for hydroxylation is 1. The van der Waals surface area contributed by atoms with Crippen LogP contribution >= 0.6 is 0 Å². The summed E-state index contributed by atoms with van der Waals surface area (Å²) in [7, 11) is 0. The van der Waals surface area contributed by atoms with E-state index in [9.17, 15) is 14.4 Å². The van der Waals surface area contributed by atoms with Gasteiger partial charge in [-0.1, -0.05) is 6.07 Å². The van der Waals surface area contributed by atoms with Gasteiger partial charge >= 0.3 is 11.9 Å². The molecule has 0 saturated carbocycles. The van der Waals surface area contributed by atoms with E-state index in [-0.39, 0.29) is 18.5 Å². The zero-order valence-corrected chi connectivity index (χ0v) is 10.3. The van der Waals surface area contributed by atoms with Gasteiger partial charge in [0.1, 0.15) is 11.7 Å². The maximum absolute atomic E-state index is 11.8. The zero-order valence-electron chi connectivity index (χ0n) is 10.3. The van der Waals surface area contributed by atoms with Crippen LogP contribution < -0.4 is 5.32 Å². The van der Waals surface area contributed by atoms with Gasteiger partial charge in [0.15, 0.2) is 0 Å². The highest BCUT2D eigenvalue weighted by Gasteiger charge is 2.22. The Labute approximate surface area is 109 Å². The number of hydrogen-bond acceptors (Lipinski definition) is 4. The lowest BCUT2D eigenvalue weighted by atomic mass is 10.1. The van der Waals surface area contributed by atoms with Crippen molar-refractivity contribution < 1.29 is 24.6 Å². The van der Waals surface area contributed by atoms with Gasteiger partial charge in [0.25, 0.3) is 5.91 Å². The maximum atomic E-state index is 11.8. The van der Waals surface area contributed by atoms with Crippen molar-refractivity contribution in [3.8, 4) is 0 Å². The number of nitrogens with one attached hydrogen (secondary N) is 1. The van der Waals surface area contributed by atoms with Crippen LogP contribution in [0.3, 0.4) is 0 Å². The van der Waals surface area contributed by atoms with E-state index in [1.54, 1.807) is 19.1 Å². The van der Waals surface area contributed by atoms with Crippen LogP contribution in [-0.4, -0.2) is 39.1 Å². The molecular weight excluding hydrogens is 252 g/mol. The van der Waals surface area contributed by atoms with Crippen molar-refractivity contribution in [3.63, 3.8) is 0 Å². The van der Waals surface area contributed by atoms with Gasteiger partial charge in [-0.25, -0.2) is 9.78 Å². The lowest BCUT2D eigenvalue weighted by Crippen LogP contribution is -2.41. The van der Waals surface area contributed by atoms with E-state index < -0.39 is 23.9 Å². The van der Waals surface area contributed by atoms with E-state index in [0.29, 0.717) is 5.69 Å². The number of aromatic nitrogens is 1. The van der Waals surface area contributed by atoms with Crippen molar-refractivity contribution >= 4 is 17.8 Å². The second-order valence-electron chi connectivity index (χ2n) is 3.96. The molecule has 7 heteroatoms. The first-order chi connectivity index (χ1) is 8.90. The standard InChI is InChI=1S/C12H14N2O5/c1-7-3-2-4-8(13-7)11(17)14-9(12(18)19)5-6-10(15)16/h2-4,9H,5-6H2,1H3,(H,14,17)(H,15,16)(H,18,19)/t9-/m0/s1. The van der Waals surface area contributed by atoms with Crippen LogP contribution in [0.4, 0.5) is 0 Å². The number of nitrogens with zero attached hydrogens (tertiary/aromatic N) is 1. The maximum Gasteiger partial charge on any atom is 0.326 e. The summed E-state index contributed by atoms with van der Waals surface area (Å²) in [6, 6.07) is 3.55. The Morgan fingerprint density at radius 3 is 2.53 bits per heavy atom. The molecule has 0 aliphatic rings. The van der Waals surface area contributed by atoms with Gasteiger partial charge in [0, 0.05) is 12.1 Å². The van der Waals surface area contributed by atoms with Crippen molar-refractivity contribution in [2.45, 2.75) is 25.8 Å². The van der Waals surface area contributed by atoms with E-state index in [1.807, 2.05) is 0 Å². The number of rotatable bonds is 6. The molecule has 0 fully saturated rings. The molecule has 1 rings (SSSR count). The van der Waals surface area contributed by atoms with Crippen molar-refractivity contribution in [3.05, 3.63) is 29.6 Å². The fourth-order valence-electron chi connectivity index (χ4n) is 1.43. The summed E-state index contributed by atoms with van der Waals surface area (Å²) in [5.41, 5.74) is 0.728. The van der Waals surface area contributed by atoms with E-state index in [0.717, 1.165) is 0 Å². The van der Waals surface area contributed by atoms with E-state index in [4.69, 9.17) is 10.2 Å². The fourth-order valence-corrected chi connectivity index (χ4v) is 1.43. The van der Waals surface area contributed by atoms with E-state index in [1.165, 1.54) is 6.07 Å². The Hall–Kier alpha value is -2.44. The van der Waals surface area contributed by atoms with Crippen LogP contribution in [0.2, 0.25) is 0 Å². The topological polar surface area (TPSA) is 117 Å². The molecule has 0 saturated heterocycles. The number of pyridine rings is 1. The highest BCUT2D eigenvalue weighted by Crippen LogP contribution is 2.02. The van der Waals surface area contributed by atoms with Crippen molar-refractivity contribution in [2.24, 2.45) is 0 Å². The molecule has 1 aromatic heterocycles. The summed E-state index contributed by atoms with van der Waals surface area (Å²) in [4.78, 5) is 37.1. The van der Waals surface area contributed by atoms with Gasteiger partial charge in [-0.15, -0.1) is 0 Å². The average Bonchev–Trinajstić information content (AvgIpc) is 2.33. The largest absolute Gasteiger partial charge is 0.481 e. The molecule has 0 aliphatic heterocycles. The van der Waals surface area contributed by atoms with Crippen LogP contribution in [0.1, 0.15) is 29.0 Å². The summed E-state index contributed by atoms with van der Waals surface area (Å²) < 4.78 is 0. The number of carbonyl (C=O) groups is 3. The van der Waals surface area contributed by atoms with Crippen molar-refractivity contribution in [1.82, 2.24) is 10.3 Å². The first kappa shape index (κ1) is 14.6. The van der Waals surface area contributed by atoms with Crippen molar-refractivity contribution in [1.29, 1.82) is 0 Å². The number of carbonyl (C=O) groups excluding carboxylic acids is 1. The van der Waals surface area contributed by atoms with Gasteiger partial charge in [-0.3, -0.25) is 9.59 Å². The molecule has 0 aliphatic carbocycles. The Morgan fingerprint density at radius 2 is 2.00 bits per heavy atom. The highest BCUT2D eigenvalue weighted by molar-refractivity contribution is 5.95. The minimum atomic E-state index is -1.28. The first-order valence-electron chi connectivity index (χ1n) is 5.59. The van der Waals surface area contributed by atoms with Crippen LogP contribution in [0, 0.1) is 6.92 Å². The first-order valence-corrected chi connectivity index (χ1v) is 5.59. The zero-order chi connectivity index (χ0) is 14.4. The van der Waals surface area contributed by atoms with E-state index >= 15 is 0 Å². The lowest BCUT2D eigenvalue weighted by molar-refractivity contribution is -0.140. The van der Waals surface area contributed by atoms with Crippen LogP contribution in [0.5, 0.6) is 0 Å². The summed E-state index contributed by atoms with van der Waals surface area (Å²) >= 11 is 0. The summed E-state index contributed by atoms with van der Waals surface area (Å²) in [6.45, 7) is 1.70. The third-order valence-electron chi connectivity index (χ3n) is 2.37. The van der Waals surface area contributed by atoms with E-state index in [2.05, 4.69) is 10.3 Å². The molecule has 1 atom stereocenters. The van der Waals surface area contributed by atoms with Gasteiger partial charge in [-0.2, -0.15) is 0 Å². The molecule has 3 N–H and O–H groups in total. The smallest absolute Gasteiger partial charge is 0.326 e. The molecule has 0 unspecified atom stereocenters. The minimum Gasteiger partial charge on any atom is -0.481 e. The minimum absolute atomic E-state index is 0.0987. The number of carboxylic acid groups (broad SMARTS) is 2. The molecule has 102 valence electrons. The summed E-state index contributed by atoms with van der Waals surface area (Å²) in [6.07, 6.45) is -0.513. The third kappa shape index (κ3) is 4.74. The predicted octanol–water partition coefficient (Wildman–Crippen LogP) is 0.438. The number of carboxylic acids is 2. The summed E-state index contributed by atoms with van der Waals surface area (Å²) in [5, 5.41) is 19.7. The second kappa shape index (κ2) is 6.48. The second-order valence-corrected chi connectivity index (χ2v) is 3.96. The average molecular weight is 266 g/mol. The number of hydrogen-bond donors (Lipinski definition) is 3. The van der Waals surface area contributed by atoms with Crippen LogP contribution in [-0.2, 0) is 9.59 Å². The summed E-state index contributed by atoms with van der Waals surface area (Å²) in [5.74, 6) is -3.03. The molecule has 1 aromatic rings. The highest BCUT2D eigenvalue weighted by atomic mass is 16.4. The van der Waals surface area contributed by atoms with Gasteiger partial charge in [0.2, 0.25) is 0 Å². The number of amides is 1. The quantitative estimate of drug-likeness (QED) is 0.687. The molecular formula is C12H14N2O5. The Kier molecular flexibility index (Phi) is 4.99. The third-order valence-corrected chi connectivity index (χ3v) is 2.37. The Morgan fingerprint density at radius 1 is 1.32 bits per heavy atom. The molecule has 0 aromatic carbocycles. The van der Waals surface area contributed by atoms with Gasteiger partial charge in [0.05, 0.1) is 0 Å². The van der Waals surface area contributed by atoms with Crippen LogP contribution in [0.25, 0.3) is 0 Å². The molecule has 7 nitrogen and oxygen atoms in total. The monoisotopic (exact) mass is 266 g/mol. The number of aliphatic carboxylic acids is 2. The Balaban J connectivity index is 2.71. The predicted molar refractivity (Wildman–Crippen MR) is 64.7 cm³/mol. The SMILES string of the molecule is Cc1cccc(C(=O)N[C@@H](CCC(=O)O)C(=O)O)n1. The molecule has 1 amide bonds. The molecule has 0 radical (unpaired) electrons. The van der Waals surface area contributed by atoms with Crippen molar-refractivity contribution in [2.75, 3.05) is 0 Å². The van der Waals surface area contributed by atoms with Gasteiger partial charge in [-0.05, 0) is 25.5 Å². The van der Waals surface area contributed by atoms with Gasteiger partial charge < -0.3 is 15.5 Å². The normalized spacial score (nSPS) is 11.6. The molecule has 19 heavy (non-hydrogen) atoms. The lowest BCUT2D eigenvalue weighted by Gasteiger charge is -2.13. The Bertz CT molecular complexity index is 501. The fraction of sp³-hybridized carbons (Fsp3) is 0.333. The molecule has 0 spiro atoms. The van der Waals surface area contributed by atoms with Crippen LogP contribution in [0.15, 0.2) is 18.2 Å². The molecule has 1 heterocycles.